The molecule has 0 saturated carbocycles. The maximum Gasteiger partial charge on any atom is 0.162 e. The van der Waals surface area contributed by atoms with Gasteiger partial charge in [0.05, 0.1) is 11.3 Å². The number of nitrogens with one attached hydrogen (secondary N) is 2. The molecular formula is C15H19N5. The Kier molecular flexibility index (Phi) is 3.78. The van der Waals surface area contributed by atoms with E-state index in [4.69, 9.17) is 0 Å². The van der Waals surface area contributed by atoms with Crippen LogP contribution in [0.15, 0.2) is 37.3 Å². The third kappa shape index (κ3) is 2.44. The molecule has 0 radical (unpaired) electrons. The van der Waals surface area contributed by atoms with Crippen molar-refractivity contribution in [3.05, 3.63) is 43.0 Å². The second-order valence-corrected chi connectivity index (χ2v) is 4.83. The summed E-state index contributed by atoms with van der Waals surface area (Å²) in [5, 5.41) is 3.38. The van der Waals surface area contributed by atoms with Gasteiger partial charge in [0.2, 0.25) is 0 Å². The molecule has 1 fully saturated rings. The molecule has 1 saturated heterocycles. The van der Waals surface area contributed by atoms with E-state index in [-0.39, 0.29) is 0 Å². The van der Waals surface area contributed by atoms with Crippen molar-refractivity contribution in [1.29, 1.82) is 0 Å². The number of H-pyrrole nitrogens is 1. The molecule has 5 nitrogen and oxygen atoms in total. The van der Waals surface area contributed by atoms with Gasteiger partial charge in [0, 0.05) is 56.9 Å². The molecule has 1 aliphatic rings. The zero-order chi connectivity index (χ0) is 13.8. The van der Waals surface area contributed by atoms with Crippen molar-refractivity contribution in [2.75, 3.05) is 31.1 Å². The molecule has 0 amide bonds. The molecule has 1 aliphatic heterocycles. The number of allylic oxidation sites excluding steroid dienone is 1. The van der Waals surface area contributed by atoms with Crippen LogP contribution in [0.3, 0.4) is 0 Å². The number of rotatable bonds is 4. The molecule has 5 heteroatoms. The Labute approximate surface area is 118 Å². The second kappa shape index (κ2) is 5.88. The highest BCUT2D eigenvalue weighted by molar-refractivity contribution is 5.77. The van der Waals surface area contributed by atoms with E-state index in [0.29, 0.717) is 0 Å². The van der Waals surface area contributed by atoms with Gasteiger partial charge in [-0.05, 0) is 6.07 Å². The minimum Gasteiger partial charge on any atom is -0.367 e. The molecule has 3 rings (SSSR count). The van der Waals surface area contributed by atoms with Gasteiger partial charge in [0.1, 0.15) is 0 Å². The molecule has 0 spiro atoms. The van der Waals surface area contributed by atoms with Crippen molar-refractivity contribution >= 4 is 5.69 Å². The molecule has 3 heterocycles. The monoisotopic (exact) mass is 269 g/mol. The van der Waals surface area contributed by atoms with E-state index in [1.165, 1.54) is 11.4 Å². The number of hydrogen-bond acceptors (Lipinski definition) is 4. The van der Waals surface area contributed by atoms with Crippen LogP contribution in [-0.4, -0.2) is 41.1 Å². The van der Waals surface area contributed by atoms with Crippen LogP contribution in [0.2, 0.25) is 0 Å². The van der Waals surface area contributed by atoms with Crippen molar-refractivity contribution < 1.29 is 0 Å². The SMILES string of the molecule is C=CCc1[nH]cc(-c2ncccn2)c1N1CCNCC1. The van der Waals surface area contributed by atoms with Crippen LogP contribution in [0.5, 0.6) is 0 Å². The van der Waals surface area contributed by atoms with Crippen molar-refractivity contribution in [3.8, 4) is 11.4 Å². The fourth-order valence-corrected chi connectivity index (χ4v) is 2.62. The molecule has 104 valence electrons. The molecule has 0 aliphatic carbocycles. The van der Waals surface area contributed by atoms with Gasteiger partial charge in [-0.15, -0.1) is 6.58 Å². The number of aromatic amines is 1. The summed E-state index contributed by atoms with van der Waals surface area (Å²) < 4.78 is 0. The number of nitrogens with zero attached hydrogens (tertiary/aromatic N) is 3. The lowest BCUT2D eigenvalue weighted by atomic mass is 10.1. The van der Waals surface area contributed by atoms with Crippen LogP contribution in [-0.2, 0) is 6.42 Å². The first-order chi connectivity index (χ1) is 9.90. The van der Waals surface area contributed by atoms with Crippen LogP contribution < -0.4 is 10.2 Å². The lowest BCUT2D eigenvalue weighted by Crippen LogP contribution is -2.44. The largest absolute Gasteiger partial charge is 0.367 e. The van der Waals surface area contributed by atoms with Crippen LogP contribution in [0, 0.1) is 0 Å². The van der Waals surface area contributed by atoms with Gasteiger partial charge in [0.25, 0.3) is 0 Å². The zero-order valence-corrected chi connectivity index (χ0v) is 11.5. The second-order valence-electron chi connectivity index (χ2n) is 4.83. The molecule has 2 aromatic rings. The fourth-order valence-electron chi connectivity index (χ4n) is 2.62. The summed E-state index contributed by atoms with van der Waals surface area (Å²) in [5.74, 6) is 0.771. The lowest BCUT2D eigenvalue weighted by molar-refractivity contribution is 0.588. The minimum absolute atomic E-state index is 0.771. The highest BCUT2D eigenvalue weighted by atomic mass is 15.2. The van der Waals surface area contributed by atoms with Crippen molar-refractivity contribution in [2.45, 2.75) is 6.42 Å². The first-order valence-electron chi connectivity index (χ1n) is 6.94. The highest BCUT2D eigenvalue weighted by Crippen LogP contribution is 2.32. The lowest BCUT2D eigenvalue weighted by Gasteiger charge is -2.30. The third-order valence-electron chi connectivity index (χ3n) is 3.52. The Bertz CT molecular complexity index is 569. The van der Waals surface area contributed by atoms with Gasteiger partial charge >= 0.3 is 0 Å². The van der Waals surface area contributed by atoms with Gasteiger partial charge in [-0.25, -0.2) is 9.97 Å². The van der Waals surface area contributed by atoms with Crippen LogP contribution >= 0.6 is 0 Å². The number of hydrogen-bond donors (Lipinski definition) is 2. The first-order valence-corrected chi connectivity index (χ1v) is 6.94. The van der Waals surface area contributed by atoms with E-state index in [0.717, 1.165) is 44.0 Å². The average Bonchev–Trinajstić information content (AvgIpc) is 2.93. The Balaban J connectivity index is 2.03. The van der Waals surface area contributed by atoms with Crippen LogP contribution in [0.25, 0.3) is 11.4 Å². The quantitative estimate of drug-likeness (QED) is 0.828. The molecule has 0 unspecified atom stereocenters. The standard InChI is InChI=1S/C15H19N5/c1-2-4-13-14(20-9-7-16-8-10-20)12(11-19-13)15-17-5-3-6-18-15/h2-3,5-6,11,16,19H,1,4,7-10H2. The smallest absolute Gasteiger partial charge is 0.162 e. The van der Waals surface area contributed by atoms with E-state index < -0.39 is 0 Å². The molecule has 20 heavy (non-hydrogen) atoms. The zero-order valence-electron chi connectivity index (χ0n) is 11.5. The molecule has 0 bridgehead atoms. The van der Waals surface area contributed by atoms with Crippen LogP contribution in [0.4, 0.5) is 5.69 Å². The fraction of sp³-hybridized carbons (Fsp3) is 0.333. The summed E-state index contributed by atoms with van der Waals surface area (Å²) >= 11 is 0. The summed E-state index contributed by atoms with van der Waals surface area (Å²) in [6.45, 7) is 7.86. The maximum absolute atomic E-state index is 4.38. The third-order valence-corrected chi connectivity index (χ3v) is 3.52. The average molecular weight is 269 g/mol. The summed E-state index contributed by atoms with van der Waals surface area (Å²) in [6, 6.07) is 1.84. The van der Waals surface area contributed by atoms with Crippen molar-refractivity contribution in [3.63, 3.8) is 0 Å². The van der Waals surface area contributed by atoms with Gasteiger partial charge < -0.3 is 15.2 Å². The Morgan fingerprint density at radius 3 is 2.70 bits per heavy atom. The summed E-state index contributed by atoms with van der Waals surface area (Å²) in [6.07, 6.45) is 8.32. The van der Waals surface area contributed by atoms with Gasteiger partial charge in [0.15, 0.2) is 5.82 Å². The minimum atomic E-state index is 0.771. The maximum atomic E-state index is 4.38. The Hall–Kier alpha value is -2.14. The van der Waals surface area contributed by atoms with Crippen molar-refractivity contribution in [1.82, 2.24) is 20.3 Å². The highest BCUT2D eigenvalue weighted by Gasteiger charge is 2.21. The van der Waals surface area contributed by atoms with E-state index in [9.17, 15) is 0 Å². The molecule has 0 aromatic carbocycles. The molecular weight excluding hydrogens is 250 g/mol. The van der Waals surface area contributed by atoms with E-state index in [1.807, 2.05) is 18.3 Å². The van der Waals surface area contributed by atoms with E-state index in [2.05, 4.69) is 31.7 Å². The van der Waals surface area contributed by atoms with E-state index >= 15 is 0 Å². The normalized spacial score (nSPS) is 15.3. The van der Waals surface area contributed by atoms with E-state index in [1.54, 1.807) is 12.4 Å². The summed E-state index contributed by atoms with van der Waals surface area (Å²) in [4.78, 5) is 14.5. The number of anilines is 1. The Morgan fingerprint density at radius 1 is 1.25 bits per heavy atom. The van der Waals surface area contributed by atoms with Crippen molar-refractivity contribution in [2.24, 2.45) is 0 Å². The van der Waals surface area contributed by atoms with Gasteiger partial charge in [-0.1, -0.05) is 6.08 Å². The van der Waals surface area contributed by atoms with Gasteiger partial charge in [-0.2, -0.15) is 0 Å². The predicted molar refractivity (Wildman–Crippen MR) is 80.8 cm³/mol. The van der Waals surface area contributed by atoms with Crippen LogP contribution in [0.1, 0.15) is 5.69 Å². The molecule has 2 N–H and O–H groups in total. The number of aromatic nitrogens is 3. The number of piperazine rings is 1. The summed E-state index contributed by atoms with van der Waals surface area (Å²) in [5.41, 5.74) is 3.48. The Morgan fingerprint density at radius 2 is 2.00 bits per heavy atom. The first kappa shape index (κ1) is 12.9. The molecule has 0 atom stereocenters. The summed E-state index contributed by atoms with van der Waals surface area (Å²) in [7, 11) is 0. The topological polar surface area (TPSA) is 56.8 Å². The molecule has 2 aromatic heterocycles. The predicted octanol–water partition coefficient (Wildman–Crippen LogP) is 1.61. The van der Waals surface area contributed by atoms with Gasteiger partial charge in [-0.3, -0.25) is 0 Å².